The molecular weight excluding hydrogens is 355 g/mol. The minimum Gasteiger partial charge on any atom is -0.337 e. The normalized spacial score (nSPS) is 12.0. The van der Waals surface area contributed by atoms with Crippen LogP contribution in [-0.2, 0) is 22.6 Å². The highest BCUT2D eigenvalue weighted by atomic mass is 32.2. The van der Waals surface area contributed by atoms with Crippen LogP contribution in [0.2, 0.25) is 0 Å². The van der Waals surface area contributed by atoms with E-state index in [1.807, 2.05) is 0 Å². The molecule has 2 aromatic carbocycles. The Morgan fingerprint density at radius 3 is 2.32 bits per heavy atom. The van der Waals surface area contributed by atoms with Gasteiger partial charge in [-0.05, 0) is 29.8 Å². The van der Waals surface area contributed by atoms with Crippen molar-refractivity contribution in [2.45, 2.75) is 17.6 Å². The number of halogens is 3. The largest absolute Gasteiger partial charge is 0.416 e. The average molecular weight is 371 g/mol. The second-order valence-electron chi connectivity index (χ2n) is 5.62. The lowest BCUT2D eigenvalue weighted by atomic mass is 10.1. The highest BCUT2D eigenvalue weighted by molar-refractivity contribution is 7.90. The molecule has 0 saturated carbocycles. The Hall–Kier alpha value is -2.35. The second kappa shape index (κ2) is 6.87. The Balaban J connectivity index is 2.28. The standard InChI is InChI=1S/C17H16F3NO3S/c1-21(11-13-6-3-4-9-15(13)17(18,19)20)16(22)12-7-5-8-14(10-12)25(2,23)24/h3-10H,11H2,1-2H3. The van der Waals surface area contributed by atoms with Crippen LogP contribution in [0.15, 0.2) is 53.4 Å². The minimum atomic E-state index is -4.52. The van der Waals surface area contributed by atoms with Crippen LogP contribution >= 0.6 is 0 Å². The summed E-state index contributed by atoms with van der Waals surface area (Å²) in [6.07, 6.45) is -3.50. The fraction of sp³-hybridized carbons (Fsp3) is 0.235. The van der Waals surface area contributed by atoms with E-state index in [2.05, 4.69) is 0 Å². The van der Waals surface area contributed by atoms with Crippen LogP contribution in [0.25, 0.3) is 0 Å². The predicted octanol–water partition coefficient (Wildman–Crippen LogP) is 3.38. The van der Waals surface area contributed by atoms with E-state index in [0.717, 1.165) is 17.2 Å². The summed E-state index contributed by atoms with van der Waals surface area (Å²) in [5.41, 5.74) is -0.750. The van der Waals surface area contributed by atoms with Crippen LogP contribution in [0, 0.1) is 0 Å². The summed E-state index contributed by atoms with van der Waals surface area (Å²) in [5, 5.41) is 0. The van der Waals surface area contributed by atoms with E-state index in [0.29, 0.717) is 0 Å². The van der Waals surface area contributed by atoms with Gasteiger partial charge >= 0.3 is 6.18 Å². The van der Waals surface area contributed by atoms with E-state index in [1.54, 1.807) is 0 Å². The van der Waals surface area contributed by atoms with E-state index in [9.17, 15) is 26.4 Å². The Labute approximate surface area is 143 Å². The molecule has 2 aromatic rings. The number of rotatable bonds is 4. The topological polar surface area (TPSA) is 54.5 Å². The zero-order valence-corrected chi connectivity index (χ0v) is 14.4. The van der Waals surface area contributed by atoms with E-state index in [4.69, 9.17) is 0 Å². The first-order chi connectivity index (χ1) is 11.5. The molecule has 0 heterocycles. The number of sulfone groups is 1. The molecule has 0 atom stereocenters. The lowest BCUT2D eigenvalue weighted by Gasteiger charge is -2.20. The maximum Gasteiger partial charge on any atom is 0.416 e. The molecule has 0 unspecified atom stereocenters. The van der Waals surface area contributed by atoms with Crippen molar-refractivity contribution in [2.75, 3.05) is 13.3 Å². The second-order valence-corrected chi connectivity index (χ2v) is 7.63. The number of carbonyl (C=O) groups excluding carboxylic acids is 1. The molecule has 0 N–H and O–H groups in total. The van der Waals surface area contributed by atoms with Gasteiger partial charge in [0.25, 0.3) is 5.91 Å². The van der Waals surface area contributed by atoms with Crippen LogP contribution in [0.1, 0.15) is 21.5 Å². The molecule has 0 fully saturated rings. The third kappa shape index (κ3) is 4.60. The Morgan fingerprint density at radius 1 is 1.08 bits per heavy atom. The fourth-order valence-electron chi connectivity index (χ4n) is 2.34. The third-order valence-electron chi connectivity index (χ3n) is 3.59. The predicted molar refractivity (Wildman–Crippen MR) is 86.8 cm³/mol. The lowest BCUT2D eigenvalue weighted by molar-refractivity contribution is -0.138. The van der Waals surface area contributed by atoms with Crippen molar-refractivity contribution >= 4 is 15.7 Å². The monoisotopic (exact) mass is 371 g/mol. The zero-order chi connectivity index (χ0) is 18.8. The Morgan fingerprint density at radius 2 is 1.72 bits per heavy atom. The Kier molecular flexibility index (Phi) is 5.22. The first-order valence-corrected chi connectivity index (χ1v) is 9.10. The van der Waals surface area contributed by atoms with Crippen molar-refractivity contribution < 1.29 is 26.4 Å². The van der Waals surface area contributed by atoms with Crippen molar-refractivity contribution in [3.8, 4) is 0 Å². The molecule has 0 aliphatic rings. The molecule has 1 amide bonds. The number of carbonyl (C=O) groups is 1. The van der Waals surface area contributed by atoms with Crippen LogP contribution in [0.5, 0.6) is 0 Å². The smallest absolute Gasteiger partial charge is 0.337 e. The number of benzene rings is 2. The summed E-state index contributed by atoms with van der Waals surface area (Å²) < 4.78 is 62.3. The summed E-state index contributed by atoms with van der Waals surface area (Å²) in [6, 6.07) is 10.4. The van der Waals surface area contributed by atoms with E-state index < -0.39 is 27.5 Å². The van der Waals surface area contributed by atoms with Gasteiger partial charge in [-0.15, -0.1) is 0 Å². The summed E-state index contributed by atoms with van der Waals surface area (Å²) in [6.45, 7) is -0.252. The molecule has 0 radical (unpaired) electrons. The minimum absolute atomic E-state index is 0.0255. The molecule has 0 saturated heterocycles. The maximum atomic E-state index is 13.0. The van der Waals surface area contributed by atoms with E-state index in [-0.39, 0.29) is 22.6 Å². The fourth-order valence-corrected chi connectivity index (χ4v) is 3.01. The van der Waals surface area contributed by atoms with Gasteiger partial charge in [-0.2, -0.15) is 13.2 Å². The van der Waals surface area contributed by atoms with Gasteiger partial charge in [0.05, 0.1) is 10.5 Å². The number of nitrogens with zero attached hydrogens (tertiary/aromatic N) is 1. The summed E-state index contributed by atoms with van der Waals surface area (Å²) in [5.74, 6) is -0.567. The van der Waals surface area contributed by atoms with Gasteiger partial charge in [0, 0.05) is 25.4 Å². The molecule has 2 rings (SSSR count). The van der Waals surface area contributed by atoms with Crippen molar-refractivity contribution in [1.82, 2.24) is 4.90 Å². The van der Waals surface area contributed by atoms with Gasteiger partial charge in [-0.1, -0.05) is 24.3 Å². The maximum absolute atomic E-state index is 13.0. The van der Waals surface area contributed by atoms with Gasteiger partial charge in [0.15, 0.2) is 9.84 Å². The number of alkyl halides is 3. The first kappa shape index (κ1) is 19.0. The summed E-state index contributed by atoms with van der Waals surface area (Å²) in [4.78, 5) is 13.5. The first-order valence-electron chi connectivity index (χ1n) is 7.21. The van der Waals surface area contributed by atoms with Gasteiger partial charge < -0.3 is 4.90 Å². The average Bonchev–Trinajstić information content (AvgIpc) is 2.53. The highest BCUT2D eigenvalue weighted by Crippen LogP contribution is 2.32. The molecule has 0 bridgehead atoms. The molecular formula is C17H16F3NO3S. The van der Waals surface area contributed by atoms with E-state index in [1.165, 1.54) is 49.5 Å². The highest BCUT2D eigenvalue weighted by Gasteiger charge is 2.33. The van der Waals surface area contributed by atoms with Crippen molar-refractivity contribution in [3.05, 3.63) is 65.2 Å². The van der Waals surface area contributed by atoms with Gasteiger partial charge in [-0.25, -0.2) is 8.42 Å². The molecule has 0 aliphatic carbocycles. The van der Waals surface area contributed by atoms with E-state index >= 15 is 0 Å². The van der Waals surface area contributed by atoms with Crippen molar-refractivity contribution in [2.24, 2.45) is 0 Å². The molecule has 25 heavy (non-hydrogen) atoms. The number of amides is 1. The third-order valence-corrected chi connectivity index (χ3v) is 4.70. The lowest BCUT2D eigenvalue weighted by Crippen LogP contribution is -2.27. The quantitative estimate of drug-likeness (QED) is 0.828. The summed E-state index contributed by atoms with van der Waals surface area (Å²) >= 11 is 0. The molecule has 4 nitrogen and oxygen atoms in total. The van der Waals surface area contributed by atoms with Crippen LogP contribution in [0.4, 0.5) is 13.2 Å². The SMILES string of the molecule is CN(Cc1ccccc1C(F)(F)F)C(=O)c1cccc(S(C)(=O)=O)c1. The van der Waals surface area contributed by atoms with Gasteiger partial charge in [0.2, 0.25) is 0 Å². The molecule has 0 aliphatic heterocycles. The van der Waals surface area contributed by atoms with Crippen molar-refractivity contribution in [3.63, 3.8) is 0 Å². The van der Waals surface area contributed by atoms with Gasteiger partial charge in [0.1, 0.15) is 0 Å². The van der Waals surface area contributed by atoms with Crippen molar-refractivity contribution in [1.29, 1.82) is 0 Å². The molecule has 0 aromatic heterocycles. The summed E-state index contributed by atoms with van der Waals surface area (Å²) in [7, 11) is -2.13. The zero-order valence-electron chi connectivity index (χ0n) is 13.5. The number of hydrogen-bond donors (Lipinski definition) is 0. The molecule has 134 valence electrons. The van der Waals surface area contributed by atoms with Crippen LogP contribution < -0.4 is 0 Å². The van der Waals surface area contributed by atoms with Crippen LogP contribution in [-0.4, -0.2) is 32.5 Å². The van der Waals surface area contributed by atoms with Crippen LogP contribution in [0.3, 0.4) is 0 Å². The Bertz CT molecular complexity index is 892. The molecule has 0 spiro atoms. The van der Waals surface area contributed by atoms with Gasteiger partial charge in [-0.3, -0.25) is 4.79 Å². The molecule has 8 heteroatoms. The number of hydrogen-bond acceptors (Lipinski definition) is 3.